The SMILES string of the molecule is c1ccc(-c2ccc(C3=NC(c4ccc5c(c4)oc4ccc(-n6c7ccccc7c7ccccc76)cc45)=NC(c4ccccc4)N3)cc2)cc1. The Balaban J connectivity index is 1.06. The molecule has 9 aromatic rings. The first-order valence-electron chi connectivity index (χ1n) is 16.9. The van der Waals surface area contributed by atoms with Crippen LogP contribution in [0.2, 0.25) is 0 Å². The Morgan fingerprint density at radius 1 is 0.480 bits per heavy atom. The molecule has 0 spiro atoms. The quantitative estimate of drug-likeness (QED) is 0.203. The van der Waals surface area contributed by atoms with E-state index in [0.717, 1.165) is 55.7 Å². The number of fused-ring (bicyclic) bond motifs is 6. The van der Waals surface area contributed by atoms with Crippen molar-refractivity contribution in [1.29, 1.82) is 0 Å². The molecule has 7 aromatic carbocycles. The largest absolute Gasteiger partial charge is 0.456 e. The van der Waals surface area contributed by atoms with Crippen LogP contribution in [-0.2, 0) is 0 Å². The maximum Gasteiger partial charge on any atom is 0.159 e. The summed E-state index contributed by atoms with van der Waals surface area (Å²) in [6.45, 7) is 0. The highest BCUT2D eigenvalue weighted by Crippen LogP contribution is 2.36. The molecule has 5 nitrogen and oxygen atoms in total. The third kappa shape index (κ3) is 4.71. The number of rotatable bonds is 5. The molecule has 0 saturated carbocycles. The van der Waals surface area contributed by atoms with Gasteiger partial charge in [-0.2, -0.15) is 0 Å². The minimum Gasteiger partial charge on any atom is -0.456 e. The van der Waals surface area contributed by atoms with E-state index in [9.17, 15) is 0 Å². The summed E-state index contributed by atoms with van der Waals surface area (Å²) in [7, 11) is 0. The van der Waals surface area contributed by atoms with Gasteiger partial charge in [0.1, 0.15) is 23.2 Å². The van der Waals surface area contributed by atoms with Crippen molar-refractivity contribution in [2.24, 2.45) is 9.98 Å². The highest BCUT2D eigenvalue weighted by atomic mass is 16.3. The number of amidine groups is 2. The lowest BCUT2D eigenvalue weighted by atomic mass is 10.0. The van der Waals surface area contributed by atoms with Crippen LogP contribution < -0.4 is 5.32 Å². The van der Waals surface area contributed by atoms with Crippen molar-refractivity contribution in [2.45, 2.75) is 6.17 Å². The molecule has 1 N–H and O–H groups in total. The molecule has 236 valence electrons. The van der Waals surface area contributed by atoms with Gasteiger partial charge in [-0.3, -0.25) is 0 Å². The van der Waals surface area contributed by atoms with Crippen molar-refractivity contribution in [3.05, 3.63) is 187 Å². The summed E-state index contributed by atoms with van der Waals surface area (Å²) in [5, 5.41) is 8.20. The van der Waals surface area contributed by atoms with Gasteiger partial charge in [0.25, 0.3) is 0 Å². The molecule has 3 heterocycles. The van der Waals surface area contributed by atoms with Gasteiger partial charge in [-0.15, -0.1) is 0 Å². The van der Waals surface area contributed by atoms with E-state index < -0.39 is 0 Å². The molecular weight excluding hydrogens is 613 g/mol. The van der Waals surface area contributed by atoms with Crippen LogP contribution in [0.3, 0.4) is 0 Å². The van der Waals surface area contributed by atoms with Crippen molar-refractivity contribution in [1.82, 2.24) is 9.88 Å². The lowest BCUT2D eigenvalue weighted by Crippen LogP contribution is -2.33. The minimum atomic E-state index is -0.285. The van der Waals surface area contributed by atoms with E-state index in [2.05, 4.69) is 155 Å². The maximum atomic E-state index is 6.48. The van der Waals surface area contributed by atoms with Gasteiger partial charge < -0.3 is 14.3 Å². The maximum absolute atomic E-state index is 6.48. The van der Waals surface area contributed by atoms with Crippen molar-refractivity contribution < 1.29 is 4.42 Å². The van der Waals surface area contributed by atoms with E-state index in [4.69, 9.17) is 14.4 Å². The highest BCUT2D eigenvalue weighted by molar-refractivity contribution is 6.15. The van der Waals surface area contributed by atoms with E-state index in [0.29, 0.717) is 5.84 Å². The molecule has 5 heteroatoms. The molecule has 0 radical (unpaired) electrons. The molecule has 1 unspecified atom stereocenters. The number of aromatic nitrogens is 1. The second-order valence-corrected chi connectivity index (χ2v) is 12.7. The Hall–Kier alpha value is -6.72. The molecule has 1 atom stereocenters. The second kappa shape index (κ2) is 11.5. The number of aliphatic imine (C=N–C) groups is 2. The van der Waals surface area contributed by atoms with E-state index in [1.807, 2.05) is 24.3 Å². The van der Waals surface area contributed by atoms with Crippen LogP contribution in [0.1, 0.15) is 22.9 Å². The lowest BCUT2D eigenvalue weighted by molar-refractivity contribution is 0.667. The first-order valence-corrected chi connectivity index (χ1v) is 16.9. The number of furan rings is 1. The number of para-hydroxylation sites is 2. The topological polar surface area (TPSA) is 54.8 Å². The standard InChI is InChI=1S/C45H30N4O/c1-3-11-29(12-4-1)30-19-21-32(22-20-30)44-46-43(31-13-5-2-6-14-31)47-45(48-44)33-23-25-37-38-28-34(24-26-41(38)50-42(37)27-33)49-39-17-9-7-15-35(39)36-16-8-10-18-40(36)49/h1-28,43H,(H,46,47,48). The molecule has 1 aliphatic heterocycles. The fourth-order valence-corrected chi connectivity index (χ4v) is 7.23. The summed E-state index contributed by atoms with van der Waals surface area (Å²) in [4.78, 5) is 10.2. The first kappa shape index (κ1) is 28.3. The molecule has 0 amide bonds. The average molecular weight is 643 g/mol. The predicted molar refractivity (Wildman–Crippen MR) is 205 cm³/mol. The predicted octanol–water partition coefficient (Wildman–Crippen LogP) is 10.8. The van der Waals surface area contributed by atoms with Gasteiger partial charge in [0.15, 0.2) is 5.84 Å². The molecule has 0 fully saturated rings. The van der Waals surface area contributed by atoms with Gasteiger partial charge in [-0.05, 0) is 59.2 Å². The second-order valence-electron chi connectivity index (χ2n) is 12.7. The number of hydrogen-bond donors (Lipinski definition) is 1. The van der Waals surface area contributed by atoms with Crippen LogP contribution in [-0.4, -0.2) is 16.2 Å². The smallest absolute Gasteiger partial charge is 0.159 e. The van der Waals surface area contributed by atoms with Gasteiger partial charge in [-0.1, -0.05) is 127 Å². The fourth-order valence-electron chi connectivity index (χ4n) is 7.23. The average Bonchev–Trinajstić information content (AvgIpc) is 3.73. The molecular formula is C45H30N4O. The summed E-state index contributed by atoms with van der Waals surface area (Å²) in [6, 6.07) is 59.2. The Kier molecular flexibility index (Phi) is 6.49. The van der Waals surface area contributed by atoms with Gasteiger partial charge in [0.2, 0.25) is 0 Å². The van der Waals surface area contributed by atoms with Gasteiger partial charge in [-0.25, -0.2) is 9.98 Å². The molecule has 2 aromatic heterocycles. The number of nitrogens with zero attached hydrogens (tertiary/aromatic N) is 3. The normalized spacial score (nSPS) is 14.6. The minimum absolute atomic E-state index is 0.285. The molecule has 50 heavy (non-hydrogen) atoms. The zero-order chi connectivity index (χ0) is 33.0. The Bertz CT molecular complexity index is 2720. The first-order chi connectivity index (χ1) is 24.8. The van der Waals surface area contributed by atoms with Crippen LogP contribution in [0.4, 0.5) is 0 Å². The van der Waals surface area contributed by atoms with E-state index in [-0.39, 0.29) is 6.17 Å². The van der Waals surface area contributed by atoms with E-state index in [1.165, 1.54) is 27.4 Å². The van der Waals surface area contributed by atoms with Crippen molar-refractivity contribution in [3.8, 4) is 16.8 Å². The highest BCUT2D eigenvalue weighted by Gasteiger charge is 2.22. The van der Waals surface area contributed by atoms with Gasteiger partial charge >= 0.3 is 0 Å². The van der Waals surface area contributed by atoms with Crippen molar-refractivity contribution in [3.63, 3.8) is 0 Å². The van der Waals surface area contributed by atoms with Crippen LogP contribution in [0.25, 0.3) is 60.6 Å². The number of hydrogen-bond acceptors (Lipinski definition) is 4. The van der Waals surface area contributed by atoms with E-state index >= 15 is 0 Å². The third-order valence-corrected chi connectivity index (χ3v) is 9.67. The van der Waals surface area contributed by atoms with Crippen LogP contribution in [0.5, 0.6) is 0 Å². The lowest BCUT2D eigenvalue weighted by Gasteiger charge is -2.23. The summed E-state index contributed by atoms with van der Waals surface area (Å²) in [5.41, 5.74) is 10.4. The summed E-state index contributed by atoms with van der Waals surface area (Å²) in [6.07, 6.45) is -0.285. The number of nitrogens with one attached hydrogen (secondary N) is 1. The summed E-state index contributed by atoms with van der Waals surface area (Å²) in [5.74, 6) is 1.44. The fraction of sp³-hybridized carbons (Fsp3) is 0.0222. The van der Waals surface area contributed by atoms with Gasteiger partial charge in [0.05, 0.1) is 11.0 Å². The molecule has 0 bridgehead atoms. The molecule has 0 aliphatic carbocycles. The zero-order valence-electron chi connectivity index (χ0n) is 27.0. The van der Waals surface area contributed by atoms with Crippen LogP contribution in [0.15, 0.2) is 184 Å². The van der Waals surface area contributed by atoms with Crippen molar-refractivity contribution in [2.75, 3.05) is 0 Å². The Morgan fingerprint density at radius 3 is 1.84 bits per heavy atom. The Morgan fingerprint density at radius 2 is 1.10 bits per heavy atom. The van der Waals surface area contributed by atoms with Crippen LogP contribution in [0, 0.1) is 0 Å². The monoisotopic (exact) mass is 642 g/mol. The summed E-state index contributed by atoms with van der Waals surface area (Å²) < 4.78 is 8.82. The van der Waals surface area contributed by atoms with Gasteiger partial charge in [0, 0.05) is 38.4 Å². The van der Waals surface area contributed by atoms with Crippen LogP contribution >= 0.6 is 0 Å². The Labute approximate surface area is 288 Å². The molecule has 1 aliphatic rings. The summed E-state index contributed by atoms with van der Waals surface area (Å²) >= 11 is 0. The molecule has 10 rings (SSSR count). The van der Waals surface area contributed by atoms with Crippen molar-refractivity contribution >= 4 is 55.4 Å². The third-order valence-electron chi connectivity index (χ3n) is 9.67. The molecule has 0 saturated heterocycles. The number of benzene rings is 7. The zero-order valence-corrected chi connectivity index (χ0v) is 27.0. The van der Waals surface area contributed by atoms with E-state index in [1.54, 1.807) is 0 Å².